The molecule has 8 nitrogen and oxygen atoms in total. The summed E-state index contributed by atoms with van der Waals surface area (Å²) < 4.78 is 19.0. The number of hydrogen-bond acceptors (Lipinski definition) is 4. The number of carbonyl (C=O) groups excluding carboxylic acids is 2. The lowest BCUT2D eigenvalue weighted by molar-refractivity contribution is -0.117. The van der Waals surface area contributed by atoms with E-state index < -0.39 is 5.91 Å². The van der Waals surface area contributed by atoms with Gasteiger partial charge in [-0.2, -0.15) is 0 Å². The van der Waals surface area contributed by atoms with Gasteiger partial charge in [0.15, 0.2) is 5.96 Å². The highest BCUT2D eigenvalue weighted by atomic mass is 19.1. The molecule has 0 aliphatic carbocycles. The number of primary amides is 1. The first kappa shape index (κ1) is 23.7. The highest BCUT2D eigenvalue weighted by Gasteiger charge is 2.08. The number of nitrogens with two attached hydrogens (primary N) is 1. The summed E-state index contributed by atoms with van der Waals surface area (Å²) in [5, 5.41) is 8.79. The zero-order valence-corrected chi connectivity index (χ0v) is 17.7. The summed E-state index contributed by atoms with van der Waals surface area (Å²) >= 11 is 0. The monoisotopic (exact) mass is 429 g/mol. The van der Waals surface area contributed by atoms with Gasteiger partial charge in [-0.05, 0) is 43.7 Å². The van der Waals surface area contributed by atoms with Crippen LogP contribution in [0.1, 0.15) is 29.8 Å². The molecule has 0 bridgehead atoms. The predicted molar refractivity (Wildman–Crippen MR) is 117 cm³/mol. The molecule has 0 aliphatic heterocycles. The maximum Gasteiger partial charge on any atom is 0.251 e. The van der Waals surface area contributed by atoms with E-state index in [1.54, 1.807) is 36.4 Å². The number of aliphatic imine (C=N–C) groups is 1. The fraction of sp³-hybridized carbons (Fsp3) is 0.318. The van der Waals surface area contributed by atoms with Crippen LogP contribution >= 0.6 is 0 Å². The summed E-state index contributed by atoms with van der Waals surface area (Å²) in [6.07, 6.45) is -0.205. The van der Waals surface area contributed by atoms with E-state index >= 15 is 0 Å². The molecular formula is C22H28FN5O3. The number of benzene rings is 2. The van der Waals surface area contributed by atoms with Gasteiger partial charge in [0.2, 0.25) is 5.91 Å². The average molecular weight is 429 g/mol. The molecule has 1 atom stereocenters. The first-order valence-electron chi connectivity index (χ1n) is 9.97. The largest absolute Gasteiger partial charge is 0.489 e. The molecule has 0 heterocycles. The second-order valence-corrected chi connectivity index (χ2v) is 6.81. The van der Waals surface area contributed by atoms with E-state index in [1.807, 2.05) is 13.8 Å². The van der Waals surface area contributed by atoms with Crippen molar-refractivity contribution in [2.75, 3.05) is 19.6 Å². The smallest absolute Gasteiger partial charge is 0.251 e. The molecule has 0 radical (unpaired) electrons. The molecule has 0 aromatic heterocycles. The lowest BCUT2D eigenvalue weighted by atomic mass is 10.1. The number of amides is 2. The number of carbonyl (C=O) groups is 2. The van der Waals surface area contributed by atoms with E-state index in [1.165, 1.54) is 12.1 Å². The van der Waals surface area contributed by atoms with Crippen LogP contribution in [-0.2, 0) is 11.3 Å². The van der Waals surface area contributed by atoms with Gasteiger partial charge in [0.25, 0.3) is 5.91 Å². The van der Waals surface area contributed by atoms with E-state index in [-0.39, 0.29) is 24.4 Å². The van der Waals surface area contributed by atoms with Crippen LogP contribution in [0.4, 0.5) is 4.39 Å². The molecule has 2 aromatic carbocycles. The Morgan fingerprint density at radius 1 is 1.13 bits per heavy atom. The van der Waals surface area contributed by atoms with Crippen LogP contribution in [0.3, 0.4) is 0 Å². The van der Waals surface area contributed by atoms with E-state index in [2.05, 4.69) is 20.9 Å². The van der Waals surface area contributed by atoms with Gasteiger partial charge < -0.3 is 26.4 Å². The van der Waals surface area contributed by atoms with Gasteiger partial charge >= 0.3 is 0 Å². The van der Waals surface area contributed by atoms with Crippen molar-refractivity contribution in [3.8, 4) is 5.75 Å². The van der Waals surface area contributed by atoms with Crippen LogP contribution in [0.2, 0.25) is 0 Å². The molecule has 0 saturated carbocycles. The van der Waals surface area contributed by atoms with Crippen molar-refractivity contribution in [1.29, 1.82) is 0 Å². The third-order valence-electron chi connectivity index (χ3n) is 4.09. The van der Waals surface area contributed by atoms with Crippen molar-refractivity contribution < 1.29 is 18.7 Å². The second-order valence-electron chi connectivity index (χ2n) is 6.81. The minimum absolute atomic E-state index is 0.204. The first-order valence-corrected chi connectivity index (χ1v) is 9.97. The molecule has 2 rings (SSSR count). The molecule has 2 amide bonds. The second kappa shape index (κ2) is 12.2. The van der Waals surface area contributed by atoms with E-state index in [0.29, 0.717) is 36.9 Å². The summed E-state index contributed by atoms with van der Waals surface area (Å²) in [6.45, 7) is 5.19. The van der Waals surface area contributed by atoms with Gasteiger partial charge in [-0.3, -0.25) is 9.59 Å². The molecule has 1 unspecified atom stereocenters. The highest BCUT2D eigenvalue weighted by molar-refractivity contribution is 5.96. The fourth-order valence-electron chi connectivity index (χ4n) is 2.60. The third-order valence-corrected chi connectivity index (χ3v) is 4.09. The summed E-state index contributed by atoms with van der Waals surface area (Å²) in [5.74, 6) is -0.227. The van der Waals surface area contributed by atoms with Crippen molar-refractivity contribution >= 4 is 17.8 Å². The van der Waals surface area contributed by atoms with Gasteiger partial charge in [0.1, 0.15) is 17.7 Å². The topological polar surface area (TPSA) is 118 Å². The molecule has 9 heteroatoms. The Hall–Kier alpha value is -3.62. The van der Waals surface area contributed by atoms with Crippen LogP contribution in [0, 0.1) is 5.82 Å². The summed E-state index contributed by atoms with van der Waals surface area (Å²) in [6, 6.07) is 12.9. The molecule has 2 aromatic rings. The van der Waals surface area contributed by atoms with Gasteiger partial charge in [0.05, 0.1) is 19.6 Å². The van der Waals surface area contributed by atoms with Crippen LogP contribution in [0.15, 0.2) is 53.5 Å². The Morgan fingerprint density at radius 2 is 1.87 bits per heavy atom. The molecule has 0 fully saturated rings. The number of halogens is 1. The van der Waals surface area contributed by atoms with Crippen LogP contribution in [0.25, 0.3) is 0 Å². The lowest BCUT2D eigenvalue weighted by Gasteiger charge is -2.17. The average Bonchev–Trinajstić information content (AvgIpc) is 2.74. The van der Waals surface area contributed by atoms with Crippen molar-refractivity contribution in [3.63, 3.8) is 0 Å². The number of nitrogens with zero attached hydrogens (tertiary/aromatic N) is 1. The van der Waals surface area contributed by atoms with Crippen molar-refractivity contribution in [2.24, 2.45) is 10.7 Å². The Kier molecular flexibility index (Phi) is 9.28. The van der Waals surface area contributed by atoms with Gasteiger partial charge in [-0.25, -0.2) is 9.38 Å². The molecule has 0 saturated heterocycles. The standard InChI is InChI=1S/C22H28FN5O3/c1-3-25-22(27-12-15(2)31-19-6-4-5-18(23)11-19)28-13-16-7-9-17(10-8-16)21(30)26-14-20(24)29/h4-11,15H,3,12-14H2,1-2H3,(H2,24,29)(H,26,30)(H2,25,27,28). The van der Waals surface area contributed by atoms with Crippen molar-refractivity contribution in [2.45, 2.75) is 26.5 Å². The summed E-state index contributed by atoms with van der Waals surface area (Å²) in [4.78, 5) is 27.2. The number of hydrogen-bond donors (Lipinski definition) is 4. The van der Waals surface area contributed by atoms with Crippen LogP contribution in [0.5, 0.6) is 5.75 Å². The Bertz CT molecular complexity index is 902. The van der Waals surface area contributed by atoms with E-state index in [0.717, 1.165) is 5.56 Å². The zero-order chi connectivity index (χ0) is 22.6. The molecular weight excluding hydrogens is 401 g/mol. The third kappa shape index (κ3) is 8.73. The lowest BCUT2D eigenvalue weighted by Crippen LogP contribution is -2.41. The molecule has 5 N–H and O–H groups in total. The predicted octanol–water partition coefficient (Wildman–Crippen LogP) is 1.56. The highest BCUT2D eigenvalue weighted by Crippen LogP contribution is 2.13. The fourth-order valence-corrected chi connectivity index (χ4v) is 2.60. The quantitative estimate of drug-likeness (QED) is 0.338. The summed E-state index contributed by atoms with van der Waals surface area (Å²) in [5.41, 5.74) is 6.36. The van der Waals surface area contributed by atoms with Gasteiger partial charge in [-0.1, -0.05) is 18.2 Å². The summed E-state index contributed by atoms with van der Waals surface area (Å²) in [7, 11) is 0. The Balaban J connectivity index is 1.88. The van der Waals surface area contributed by atoms with E-state index in [4.69, 9.17) is 10.5 Å². The molecule has 0 aliphatic rings. The maximum atomic E-state index is 13.3. The Labute approximate surface area is 181 Å². The van der Waals surface area contributed by atoms with Crippen LogP contribution in [-0.4, -0.2) is 43.5 Å². The number of rotatable bonds is 10. The SMILES string of the molecule is CCNC(=NCc1ccc(C(=O)NCC(N)=O)cc1)NCC(C)Oc1cccc(F)c1. The maximum absolute atomic E-state index is 13.3. The first-order chi connectivity index (χ1) is 14.9. The van der Waals surface area contributed by atoms with Crippen LogP contribution < -0.4 is 26.4 Å². The van der Waals surface area contributed by atoms with Gasteiger partial charge in [-0.15, -0.1) is 0 Å². The Morgan fingerprint density at radius 3 is 2.52 bits per heavy atom. The molecule has 0 spiro atoms. The van der Waals surface area contributed by atoms with Crippen molar-refractivity contribution in [1.82, 2.24) is 16.0 Å². The molecule has 31 heavy (non-hydrogen) atoms. The number of nitrogens with one attached hydrogen (secondary N) is 3. The number of guanidine groups is 1. The zero-order valence-electron chi connectivity index (χ0n) is 17.7. The van der Waals surface area contributed by atoms with Crippen molar-refractivity contribution in [3.05, 3.63) is 65.5 Å². The minimum Gasteiger partial charge on any atom is -0.489 e. The molecule has 166 valence electrons. The van der Waals surface area contributed by atoms with E-state index in [9.17, 15) is 14.0 Å². The number of ether oxygens (including phenoxy) is 1. The minimum atomic E-state index is -0.599. The normalized spacial score (nSPS) is 12.0. The van der Waals surface area contributed by atoms with Gasteiger partial charge in [0, 0.05) is 18.2 Å².